The Bertz CT molecular complexity index is 582. The highest BCUT2D eigenvalue weighted by molar-refractivity contribution is 7.91. The van der Waals surface area contributed by atoms with Crippen LogP contribution in [0.5, 0.6) is 0 Å². The summed E-state index contributed by atoms with van der Waals surface area (Å²) < 4.78 is 37.0. The smallest absolute Gasteiger partial charge is 0.311 e. The second-order valence-electron chi connectivity index (χ2n) is 4.85. The molecule has 0 bridgehead atoms. The number of hydrogen-bond donors (Lipinski definition) is 1. The predicted octanol–water partition coefficient (Wildman–Crippen LogP) is 1.82. The van der Waals surface area contributed by atoms with Crippen LogP contribution < -0.4 is 0 Å². The summed E-state index contributed by atoms with van der Waals surface area (Å²) in [4.78, 5) is 11.4. The Morgan fingerprint density at radius 3 is 2.63 bits per heavy atom. The summed E-state index contributed by atoms with van der Waals surface area (Å²) in [5.41, 5.74) is 0.0668. The zero-order valence-corrected chi connectivity index (χ0v) is 11.1. The van der Waals surface area contributed by atoms with Gasteiger partial charge in [-0.1, -0.05) is 18.2 Å². The van der Waals surface area contributed by atoms with Crippen molar-refractivity contribution in [1.29, 1.82) is 0 Å². The number of rotatable bonds is 3. The molecule has 2 unspecified atom stereocenters. The predicted molar refractivity (Wildman–Crippen MR) is 68.2 cm³/mol. The molecule has 6 heteroatoms. The van der Waals surface area contributed by atoms with Gasteiger partial charge in [0.05, 0.1) is 17.4 Å². The van der Waals surface area contributed by atoms with Gasteiger partial charge in [0, 0.05) is 5.56 Å². The van der Waals surface area contributed by atoms with Crippen LogP contribution in [-0.4, -0.2) is 31.0 Å². The van der Waals surface area contributed by atoms with E-state index in [-0.39, 0.29) is 17.1 Å². The number of benzene rings is 1. The van der Waals surface area contributed by atoms with Crippen molar-refractivity contribution in [3.05, 3.63) is 35.6 Å². The highest BCUT2D eigenvalue weighted by Gasteiger charge is 2.37. The van der Waals surface area contributed by atoms with E-state index in [1.54, 1.807) is 6.07 Å². The Labute approximate surface area is 111 Å². The van der Waals surface area contributed by atoms with Crippen molar-refractivity contribution in [3.63, 3.8) is 0 Å². The molecule has 19 heavy (non-hydrogen) atoms. The van der Waals surface area contributed by atoms with Crippen LogP contribution >= 0.6 is 0 Å². The van der Waals surface area contributed by atoms with Crippen LogP contribution in [0.15, 0.2) is 24.3 Å². The molecule has 2 atom stereocenters. The van der Waals surface area contributed by atoms with E-state index in [0.717, 1.165) is 0 Å². The van der Waals surface area contributed by atoms with Gasteiger partial charge in [-0.05, 0) is 24.8 Å². The number of aliphatic carboxylic acids is 1. The number of hydrogen-bond acceptors (Lipinski definition) is 3. The quantitative estimate of drug-likeness (QED) is 0.920. The fraction of sp³-hybridized carbons (Fsp3) is 0.462. The lowest BCUT2D eigenvalue weighted by atomic mass is 9.84. The average Bonchev–Trinajstić information content (AvgIpc) is 2.30. The standard InChI is InChI=1S/C13H15FO4S/c14-11-6-2-1-5-10(11)12(13(15)16)9-4-3-7-19(17,18)8-9/h1-2,5-6,9,12H,3-4,7-8H2,(H,15,16). The highest BCUT2D eigenvalue weighted by Crippen LogP contribution is 2.34. The third kappa shape index (κ3) is 3.12. The minimum atomic E-state index is -3.22. The number of halogens is 1. The Hall–Kier alpha value is -1.43. The van der Waals surface area contributed by atoms with Crippen molar-refractivity contribution >= 4 is 15.8 Å². The minimum absolute atomic E-state index is 0.0668. The van der Waals surface area contributed by atoms with Gasteiger partial charge in [-0.3, -0.25) is 4.79 Å². The van der Waals surface area contributed by atoms with Gasteiger partial charge in [-0.15, -0.1) is 0 Å². The molecule has 0 radical (unpaired) electrons. The second-order valence-corrected chi connectivity index (χ2v) is 7.08. The van der Waals surface area contributed by atoms with E-state index in [4.69, 9.17) is 0 Å². The van der Waals surface area contributed by atoms with Crippen molar-refractivity contribution < 1.29 is 22.7 Å². The number of sulfone groups is 1. The SMILES string of the molecule is O=C(O)C(c1ccccc1F)C1CCCS(=O)(=O)C1. The number of carboxylic acids is 1. The van der Waals surface area contributed by atoms with Crippen LogP contribution in [-0.2, 0) is 14.6 Å². The lowest BCUT2D eigenvalue weighted by Crippen LogP contribution is -2.33. The first kappa shape index (κ1) is 14.0. The topological polar surface area (TPSA) is 71.4 Å². The summed E-state index contributed by atoms with van der Waals surface area (Å²) in [5, 5.41) is 9.31. The van der Waals surface area contributed by atoms with E-state index in [1.165, 1.54) is 18.2 Å². The molecule has 1 saturated heterocycles. The molecule has 0 amide bonds. The molecule has 4 nitrogen and oxygen atoms in total. The van der Waals surface area contributed by atoms with Gasteiger partial charge in [-0.25, -0.2) is 12.8 Å². The normalized spacial score (nSPS) is 23.7. The van der Waals surface area contributed by atoms with E-state index in [9.17, 15) is 22.7 Å². The molecule has 0 spiro atoms. The van der Waals surface area contributed by atoms with Crippen molar-refractivity contribution in [2.75, 3.05) is 11.5 Å². The lowest BCUT2D eigenvalue weighted by molar-refractivity contribution is -0.140. The molecule has 0 aliphatic carbocycles. The molecular formula is C13H15FO4S. The monoisotopic (exact) mass is 286 g/mol. The van der Waals surface area contributed by atoms with Gasteiger partial charge < -0.3 is 5.11 Å². The minimum Gasteiger partial charge on any atom is -0.481 e. The average molecular weight is 286 g/mol. The Kier molecular flexibility index (Phi) is 3.89. The van der Waals surface area contributed by atoms with Crippen molar-refractivity contribution in [3.8, 4) is 0 Å². The summed E-state index contributed by atoms with van der Waals surface area (Å²) >= 11 is 0. The molecule has 1 aromatic carbocycles. The molecule has 104 valence electrons. The molecule has 1 aliphatic heterocycles. The summed E-state index contributed by atoms with van der Waals surface area (Å²) in [6.45, 7) is 0. The zero-order chi connectivity index (χ0) is 14.0. The van der Waals surface area contributed by atoms with E-state index in [1.807, 2.05) is 0 Å². The maximum atomic E-state index is 13.7. The highest BCUT2D eigenvalue weighted by atomic mass is 32.2. The molecule has 1 aromatic rings. The van der Waals surface area contributed by atoms with Crippen LogP contribution in [0.3, 0.4) is 0 Å². The van der Waals surface area contributed by atoms with Gasteiger partial charge in [0.25, 0.3) is 0 Å². The maximum absolute atomic E-state index is 13.7. The Morgan fingerprint density at radius 2 is 2.05 bits per heavy atom. The zero-order valence-electron chi connectivity index (χ0n) is 10.3. The Morgan fingerprint density at radius 1 is 1.37 bits per heavy atom. The molecule has 1 heterocycles. The molecule has 2 rings (SSSR count). The number of carboxylic acid groups (broad SMARTS) is 1. The number of carbonyl (C=O) groups is 1. The fourth-order valence-corrected chi connectivity index (χ4v) is 4.42. The van der Waals surface area contributed by atoms with Crippen LogP contribution in [0, 0.1) is 11.7 Å². The summed E-state index contributed by atoms with van der Waals surface area (Å²) in [6.07, 6.45) is 0.926. The van der Waals surface area contributed by atoms with Gasteiger partial charge >= 0.3 is 5.97 Å². The van der Waals surface area contributed by atoms with E-state index in [2.05, 4.69) is 0 Å². The third-order valence-corrected chi connectivity index (χ3v) is 5.32. The summed E-state index contributed by atoms with van der Waals surface area (Å²) in [7, 11) is -3.22. The molecule has 0 saturated carbocycles. The van der Waals surface area contributed by atoms with Crippen LogP contribution in [0.2, 0.25) is 0 Å². The van der Waals surface area contributed by atoms with Gasteiger partial charge in [0.2, 0.25) is 0 Å². The van der Waals surface area contributed by atoms with Crippen LogP contribution in [0.4, 0.5) is 4.39 Å². The fourth-order valence-electron chi connectivity index (χ4n) is 2.64. The van der Waals surface area contributed by atoms with Gasteiger partial charge in [0.15, 0.2) is 9.84 Å². The second kappa shape index (κ2) is 5.28. The van der Waals surface area contributed by atoms with Gasteiger partial charge in [-0.2, -0.15) is 0 Å². The van der Waals surface area contributed by atoms with Crippen molar-refractivity contribution in [1.82, 2.24) is 0 Å². The van der Waals surface area contributed by atoms with E-state index in [0.29, 0.717) is 12.8 Å². The molecule has 1 aliphatic rings. The van der Waals surface area contributed by atoms with E-state index >= 15 is 0 Å². The largest absolute Gasteiger partial charge is 0.481 e. The maximum Gasteiger partial charge on any atom is 0.311 e. The third-order valence-electron chi connectivity index (χ3n) is 3.48. The molecular weight excluding hydrogens is 271 g/mol. The first-order valence-electron chi connectivity index (χ1n) is 6.08. The first-order chi connectivity index (χ1) is 8.91. The van der Waals surface area contributed by atoms with Gasteiger partial charge in [0.1, 0.15) is 5.82 Å². The summed E-state index contributed by atoms with van der Waals surface area (Å²) in [6, 6.07) is 5.65. The van der Waals surface area contributed by atoms with Crippen LogP contribution in [0.25, 0.3) is 0 Å². The Balaban J connectivity index is 2.36. The molecule has 1 fully saturated rings. The van der Waals surface area contributed by atoms with Crippen molar-refractivity contribution in [2.24, 2.45) is 5.92 Å². The van der Waals surface area contributed by atoms with E-state index < -0.39 is 33.5 Å². The van der Waals surface area contributed by atoms with Crippen LogP contribution in [0.1, 0.15) is 24.3 Å². The lowest BCUT2D eigenvalue weighted by Gasteiger charge is -2.27. The van der Waals surface area contributed by atoms with Crippen molar-refractivity contribution in [2.45, 2.75) is 18.8 Å². The molecule has 0 aromatic heterocycles. The molecule has 1 N–H and O–H groups in total. The first-order valence-corrected chi connectivity index (χ1v) is 7.90. The summed E-state index contributed by atoms with van der Waals surface area (Å²) in [5.74, 6) is -3.53.